The minimum atomic E-state index is -0.427. The third-order valence-electron chi connectivity index (χ3n) is 4.14. The Morgan fingerprint density at radius 1 is 1.00 bits per heavy atom. The van der Waals surface area contributed by atoms with Gasteiger partial charge in [-0.2, -0.15) is 0 Å². The highest BCUT2D eigenvalue weighted by Crippen LogP contribution is 2.29. The molecular formula is C20H24FNO4. The number of amides is 1. The molecule has 2 aromatic rings. The van der Waals surface area contributed by atoms with Gasteiger partial charge in [0.05, 0.1) is 27.4 Å². The van der Waals surface area contributed by atoms with E-state index in [4.69, 9.17) is 14.2 Å². The summed E-state index contributed by atoms with van der Waals surface area (Å²) in [7, 11) is 4.56. The molecule has 1 unspecified atom stereocenters. The van der Waals surface area contributed by atoms with Gasteiger partial charge in [-0.1, -0.05) is 12.1 Å². The van der Waals surface area contributed by atoms with E-state index in [1.807, 2.05) is 19.1 Å². The number of methoxy groups -OCH3 is 3. The Morgan fingerprint density at radius 2 is 1.65 bits per heavy atom. The maximum absolute atomic E-state index is 13.7. The number of ether oxygens (including phenoxy) is 3. The number of carbonyl (C=O) groups excluding carboxylic acids is 1. The zero-order valence-electron chi connectivity index (χ0n) is 15.5. The monoisotopic (exact) mass is 361 g/mol. The van der Waals surface area contributed by atoms with Crippen LogP contribution < -0.4 is 19.5 Å². The van der Waals surface area contributed by atoms with Crippen molar-refractivity contribution in [2.24, 2.45) is 0 Å². The zero-order valence-corrected chi connectivity index (χ0v) is 15.5. The van der Waals surface area contributed by atoms with Crippen molar-refractivity contribution in [1.29, 1.82) is 0 Å². The summed E-state index contributed by atoms with van der Waals surface area (Å²) in [6, 6.07) is 10.0. The lowest BCUT2D eigenvalue weighted by Crippen LogP contribution is -2.26. The summed E-state index contributed by atoms with van der Waals surface area (Å²) >= 11 is 0. The van der Waals surface area contributed by atoms with Gasteiger partial charge in [-0.05, 0) is 48.7 Å². The molecule has 0 fully saturated rings. The first-order valence-electron chi connectivity index (χ1n) is 8.32. The van der Waals surface area contributed by atoms with Gasteiger partial charge in [-0.3, -0.25) is 4.79 Å². The lowest BCUT2D eigenvalue weighted by atomic mass is 10.1. The van der Waals surface area contributed by atoms with Crippen LogP contribution in [-0.2, 0) is 11.2 Å². The van der Waals surface area contributed by atoms with Crippen LogP contribution in [0.1, 0.15) is 30.5 Å². The van der Waals surface area contributed by atoms with Crippen LogP contribution in [0.15, 0.2) is 36.4 Å². The van der Waals surface area contributed by atoms with Crippen LogP contribution in [0.4, 0.5) is 4.39 Å². The van der Waals surface area contributed by atoms with Crippen molar-refractivity contribution in [3.63, 3.8) is 0 Å². The van der Waals surface area contributed by atoms with Crippen molar-refractivity contribution >= 4 is 5.91 Å². The fourth-order valence-electron chi connectivity index (χ4n) is 2.64. The fourth-order valence-corrected chi connectivity index (χ4v) is 2.64. The number of rotatable bonds is 8. The summed E-state index contributed by atoms with van der Waals surface area (Å²) in [5.74, 6) is 0.906. The van der Waals surface area contributed by atoms with E-state index in [2.05, 4.69) is 5.32 Å². The normalized spacial score (nSPS) is 11.6. The molecule has 0 aromatic heterocycles. The number of hydrogen-bond acceptors (Lipinski definition) is 4. The second-order valence-electron chi connectivity index (χ2n) is 5.87. The Labute approximate surface area is 153 Å². The third kappa shape index (κ3) is 4.88. The van der Waals surface area contributed by atoms with Crippen LogP contribution in [0.5, 0.6) is 17.2 Å². The average Bonchev–Trinajstić information content (AvgIpc) is 2.65. The Hall–Kier alpha value is -2.76. The molecule has 0 aliphatic carbocycles. The molecule has 2 aromatic carbocycles. The van der Waals surface area contributed by atoms with Crippen LogP contribution in [-0.4, -0.2) is 27.2 Å². The lowest BCUT2D eigenvalue weighted by Gasteiger charge is -2.16. The van der Waals surface area contributed by atoms with E-state index in [9.17, 15) is 9.18 Å². The Kier molecular flexibility index (Phi) is 6.83. The predicted molar refractivity (Wildman–Crippen MR) is 97.4 cm³/mol. The minimum Gasteiger partial charge on any atom is -0.494 e. The van der Waals surface area contributed by atoms with Gasteiger partial charge in [0.2, 0.25) is 5.91 Å². The van der Waals surface area contributed by atoms with Crippen molar-refractivity contribution in [3.8, 4) is 17.2 Å². The van der Waals surface area contributed by atoms with E-state index in [-0.39, 0.29) is 24.1 Å². The molecule has 0 saturated carbocycles. The van der Waals surface area contributed by atoms with E-state index < -0.39 is 5.82 Å². The van der Waals surface area contributed by atoms with Crippen LogP contribution in [0, 0.1) is 5.82 Å². The summed E-state index contributed by atoms with van der Waals surface area (Å²) in [5, 5.41) is 2.94. The quantitative estimate of drug-likeness (QED) is 0.780. The maximum Gasteiger partial charge on any atom is 0.220 e. The molecule has 0 aliphatic rings. The standard InChI is InChI=1S/C20H24FNO4/c1-13(15-7-9-18(25-3)19(12-15)26-4)22-20(23)10-6-14-5-8-17(24-2)16(21)11-14/h5,7-9,11-13H,6,10H2,1-4H3,(H,22,23). The smallest absolute Gasteiger partial charge is 0.220 e. The Bertz CT molecular complexity index is 763. The first kappa shape index (κ1) is 19.6. The molecule has 1 atom stereocenters. The van der Waals surface area contributed by atoms with Crippen molar-refractivity contribution in [1.82, 2.24) is 5.32 Å². The molecule has 140 valence electrons. The van der Waals surface area contributed by atoms with E-state index in [1.54, 1.807) is 32.4 Å². The number of benzene rings is 2. The van der Waals surface area contributed by atoms with Gasteiger partial charge in [0.15, 0.2) is 23.1 Å². The minimum absolute atomic E-state index is 0.108. The summed E-state index contributed by atoms with van der Waals surface area (Å²) < 4.78 is 29.1. The van der Waals surface area contributed by atoms with Gasteiger partial charge >= 0.3 is 0 Å². The fraction of sp³-hybridized carbons (Fsp3) is 0.350. The molecule has 0 radical (unpaired) electrons. The van der Waals surface area contributed by atoms with Crippen LogP contribution in [0.2, 0.25) is 0 Å². The molecule has 6 heteroatoms. The van der Waals surface area contributed by atoms with Crippen LogP contribution >= 0.6 is 0 Å². The van der Waals surface area contributed by atoms with E-state index >= 15 is 0 Å². The highest BCUT2D eigenvalue weighted by Gasteiger charge is 2.13. The molecule has 26 heavy (non-hydrogen) atoms. The molecule has 2 rings (SSSR count). The van der Waals surface area contributed by atoms with E-state index in [1.165, 1.54) is 13.2 Å². The van der Waals surface area contributed by atoms with Crippen molar-refractivity contribution in [2.75, 3.05) is 21.3 Å². The summed E-state index contributed by atoms with van der Waals surface area (Å²) in [5.41, 5.74) is 1.66. The number of aryl methyl sites for hydroxylation is 1. The molecular weight excluding hydrogens is 337 g/mol. The average molecular weight is 361 g/mol. The highest BCUT2D eigenvalue weighted by atomic mass is 19.1. The van der Waals surface area contributed by atoms with Gasteiger partial charge in [-0.25, -0.2) is 4.39 Å². The number of carbonyl (C=O) groups is 1. The van der Waals surface area contributed by atoms with Crippen molar-refractivity contribution < 1.29 is 23.4 Å². The SMILES string of the molecule is COc1ccc(CCC(=O)NC(C)c2ccc(OC)c(OC)c2)cc1F. The van der Waals surface area contributed by atoms with Crippen molar-refractivity contribution in [2.45, 2.75) is 25.8 Å². The summed E-state index contributed by atoms with van der Waals surface area (Å²) in [6.07, 6.45) is 0.717. The first-order valence-corrected chi connectivity index (χ1v) is 8.32. The molecule has 1 N–H and O–H groups in total. The summed E-state index contributed by atoms with van der Waals surface area (Å²) in [4.78, 5) is 12.2. The van der Waals surface area contributed by atoms with Gasteiger partial charge < -0.3 is 19.5 Å². The second kappa shape index (κ2) is 9.08. The van der Waals surface area contributed by atoms with Gasteiger partial charge in [0, 0.05) is 6.42 Å². The lowest BCUT2D eigenvalue weighted by molar-refractivity contribution is -0.121. The molecule has 5 nitrogen and oxygen atoms in total. The molecule has 1 amide bonds. The van der Waals surface area contributed by atoms with Crippen LogP contribution in [0.3, 0.4) is 0 Å². The first-order chi connectivity index (χ1) is 12.5. The number of nitrogens with one attached hydrogen (secondary N) is 1. The van der Waals surface area contributed by atoms with Gasteiger partial charge in [0.25, 0.3) is 0 Å². The van der Waals surface area contributed by atoms with Gasteiger partial charge in [-0.15, -0.1) is 0 Å². The third-order valence-corrected chi connectivity index (χ3v) is 4.14. The predicted octanol–water partition coefficient (Wildman–Crippen LogP) is 3.66. The number of hydrogen-bond donors (Lipinski definition) is 1. The van der Waals surface area contributed by atoms with E-state index in [0.717, 1.165) is 11.1 Å². The Balaban J connectivity index is 1.94. The Morgan fingerprint density at radius 3 is 2.27 bits per heavy atom. The maximum atomic E-state index is 13.7. The molecule has 0 bridgehead atoms. The summed E-state index contributed by atoms with van der Waals surface area (Å²) in [6.45, 7) is 1.90. The zero-order chi connectivity index (χ0) is 19.1. The largest absolute Gasteiger partial charge is 0.494 e. The van der Waals surface area contributed by atoms with E-state index in [0.29, 0.717) is 17.9 Å². The molecule has 0 heterocycles. The molecule has 0 spiro atoms. The van der Waals surface area contributed by atoms with Crippen LogP contribution in [0.25, 0.3) is 0 Å². The van der Waals surface area contributed by atoms with Gasteiger partial charge in [0.1, 0.15) is 0 Å². The van der Waals surface area contributed by atoms with Crippen molar-refractivity contribution in [3.05, 3.63) is 53.3 Å². The topological polar surface area (TPSA) is 56.8 Å². The highest BCUT2D eigenvalue weighted by molar-refractivity contribution is 5.76. The molecule has 0 saturated heterocycles. The molecule has 0 aliphatic heterocycles. The number of halogens is 1. The second-order valence-corrected chi connectivity index (χ2v) is 5.87.